The van der Waals surface area contributed by atoms with Crippen molar-refractivity contribution in [1.29, 1.82) is 0 Å². The van der Waals surface area contributed by atoms with Crippen molar-refractivity contribution in [3.8, 4) is 5.75 Å². The molecule has 0 spiro atoms. The fourth-order valence-electron chi connectivity index (χ4n) is 3.22. The molecule has 0 bridgehead atoms. The van der Waals surface area contributed by atoms with Gasteiger partial charge in [0.2, 0.25) is 0 Å². The molecule has 1 aromatic carbocycles. The molecule has 1 heterocycles. The number of hydrogen-bond acceptors (Lipinski definition) is 2. The molecular weight excluding hydrogens is 314 g/mol. The minimum absolute atomic E-state index is 0.807. The Morgan fingerprint density at radius 2 is 1.95 bits per heavy atom. The summed E-state index contributed by atoms with van der Waals surface area (Å²) in [5.41, 5.74) is 1.19. The zero-order chi connectivity index (χ0) is 14.5. The largest absolute Gasteiger partial charge is 0.493 e. The number of hydrogen-bond donors (Lipinski definition) is 0. The van der Waals surface area contributed by atoms with Crippen LogP contribution in [0, 0.1) is 18.8 Å². The van der Waals surface area contributed by atoms with E-state index in [1.807, 2.05) is 12.1 Å². The molecule has 0 saturated carbocycles. The molecule has 1 aromatic rings. The predicted octanol–water partition coefficient (Wildman–Crippen LogP) is 4.50. The average Bonchev–Trinajstić information content (AvgIpc) is 2.35. The van der Waals surface area contributed by atoms with E-state index >= 15 is 0 Å². The van der Waals surface area contributed by atoms with Crippen LogP contribution in [0.4, 0.5) is 0 Å². The molecule has 0 radical (unpaired) electrons. The van der Waals surface area contributed by atoms with E-state index in [9.17, 15) is 0 Å². The Hall–Kier alpha value is -0.540. The molecule has 0 unspecified atom stereocenters. The van der Waals surface area contributed by atoms with Crippen LogP contribution in [0.3, 0.4) is 0 Å². The first kappa shape index (κ1) is 15.8. The van der Waals surface area contributed by atoms with Gasteiger partial charge in [-0.2, -0.15) is 0 Å². The summed E-state index contributed by atoms with van der Waals surface area (Å²) in [6, 6.07) is 6.18. The second kappa shape index (κ2) is 7.46. The van der Waals surface area contributed by atoms with Crippen molar-refractivity contribution in [3.05, 3.63) is 28.2 Å². The summed E-state index contributed by atoms with van der Waals surface area (Å²) in [7, 11) is 0. The van der Waals surface area contributed by atoms with Gasteiger partial charge in [0, 0.05) is 24.1 Å². The lowest BCUT2D eigenvalue weighted by molar-refractivity contribution is 0.132. The summed E-state index contributed by atoms with van der Waals surface area (Å²) >= 11 is 3.48. The van der Waals surface area contributed by atoms with Crippen molar-refractivity contribution >= 4 is 15.9 Å². The maximum atomic E-state index is 5.89. The summed E-state index contributed by atoms with van der Waals surface area (Å²) in [4.78, 5) is 2.59. The molecule has 20 heavy (non-hydrogen) atoms. The summed E-state index contributed by atoms with van der Waals surface area (Å²) in [6.07, 6.45) is 2.49. The van der Waals surface area contributed by atoms with Crippen LogP contribution in [0.1, 0.15) is 32.3 Å². The second-order valence-corrected chi connectivity index (χ2v) is 7.23. The molecule has 1 fully saturated rings. The van der Waals surface area contributed by atoms with Gasteiger partial charge in [-0.1, -0.05) is 29.8 Å². The number of halogens is 1. The number of ether oxygens (including phenoxy) is 1. The van der Waals surface area contributed by atoms with Gasteiger partial charge in [-0.15, -0.1) is 0 Å². The maximum absolute atomic E-state index is 5.89. The van der Waals surface area contributed by atoms with E-state index in [0.29, 0.717) is 0 Å². The average molecular weight is 340 g/mol. The van der Waals surface area contributed by atoms with Gasteiger partial charge in [-0.3, -0.25) is 0 Å². The molecule has 2 atom stereocenters. The van der Waals surface area contributed by atoms with Crippen LogP contribution >= 0.6 is 15.9 Å². The van der Waals surface area contributed by atoms with Gasteiger partial charge in [0.1, 0.15) is 5.75 Å². The first-order valence-electron chi connectivity index (χ1n) is 7.66. The highest BCUT2D eigenvalue weighted by atomic mass is 79.9. The SMILES string of the molecule is Cc1cc(Br)ccc1OCCCN1C[C@H](C)C[C@@H](C)C1. The van der Waals surface area contributed by atoms with E-state index in [1.165, 1.54) is 25.1 Å². The number of piperidine rings is 1. The quantitative estimate of drug-likeness (QED) is 0.732. The minimum atomic E-state index is 0.807. The topological polar surface area (TPSA) is 12.5 Å². The predicted molar refractivity (Wildman–Crippen MR) is 88.4 cm³/mol. The van der Waals surface area contributed by atoms with Crippen LogP contribution in [0.2, 0.25) is 0 Å². The molecule has 0 amide bonds. The van der Waals surface area contributed by atoms with E-state index in [2.05, 4.69) is 47.7 Å². The Balaban J connectivity index is 1.71. The summed E-state index contributed by atoms with van der Waals surface area (Å²) in [6.45, 7) is 11.3. The molecule has 2 rings (SSSR count). The number of likely N-dealkylation sites (tertiary alicyclic amines) is 1. The van der Waals surface area contributed by atoms with Crippen LogP contribution in [-0.2, 0) is 0 Å². The van der Waals surface area contributed by atoms with Gasteiger partial charge >= 0.3 is 0 Å². The van der Waals surface area contributed by atoms with E-state index in [-0.39, 0.29) is 0 Å². The smallest absolute Gasteiger partial charge is 0.122 e. The van der Waals surface area contributed by atoms with E-state index in [1.54, 1.807) is 0 Å². The third-order valence-electron chi connectivity index (χ3n) is 3.96. The second-order valence-electron chi connectivity index (χ2n) is 6.32. The Labute approximate surface area is 131 Å². The fourth-order valence-corrected chi connectivity index (χ4v) is 3.70. The first-order chi connectivity index (χ1) is 9.54. The standard InChI is InChI=1S/C17H26BrNO/c1-13-9-14(2)12-19(11-13)7-4-8-20-17-6-5-16(18)10-15(17)3/h5-6,10,13-14H,4,7-9,11-12H2,1-3H3/t13-,14-/m1/s1. The van der Waals surface area contributed by atoms with Crippen molar-refractivity contribution in [2.45, 2.75) is 33.6 Å². The monoisotopic (exact) mass is 339 g/mol. The van der Waals surface area contributed by atoms with Crippen molar-refractivity contribution in [3.63, 3.8) is 0 Å². The highest BCUT2D eigenvalue weighted by Crippen LogP contribution is 2.23. The fraction of sp³-hybridized carbons (Fsp3) is 0.647. The molecular formula is C17H26BrNO. The maximum Gasteiger partial charge on any atom is 0.122 e. The van der Waals surface area contributed by atoms with Gasteiger partial charge in [0.25, 0.3) is 0 Å². The Kier molecular flexibility index (Phi) is 5.91. The number of aryl methyl sites for hydroxylation is 1. The zero-order valence-corrected chi connectivity index (χ0v) is 14.4. The third-order valence-corrected chi connectivity index (χ3v) is 4.45. The minimum Gasteiger partial charge on any atom is -0.493 e. The lowest BCUT2D eigenvalue weighted by Crippen LogP contribution is -2.39. The lowest BCUT2D eigenvalue weighted by Gasteiger charge is -2.34. The number of rotatable bonds is 5. The number of benzene rings is 1. The molecule has 3 heteroatoms. The molecule has 0 aromatic heterocycles. The van der Waals surface area contributed by atoms with Crippen LogP contribution in [0.25, 0.3) is 0 Å². The Bertz CT molecular complexity index is 425. The van der Waals surface area contributed by atoms with Crippen LogP contribution in [-0.4, -0.2) is 31.1 Å². The van der Waals surface area contributed by atoms with Crippen molar-refractivity contribution in [2.24, 2.45) is 11.8 Å². The Morgan fingerprint density at radius 1 is 1.25 bits per heavy atom. The highest BCUT2D eigenvalue weighted by molar-refractivity contribution is 9.10. The van der Waals surface area contributed by atoms with Gasteiger partial charge < -0.3 is 9.64 Å². The van der Waals surface area contributed by atoms with Gasteiger partial charge in [-0.25, -0.2) is 0 Å². The molecule has 112 valence electrons. The van der Waals surface area contributed by atoms with Crippen LogP contribution < -0.4 is 4.74 Å². The normalized spacial score (nSPS) is 23.8. The van der Waals surface area contributed by atoms with E-state index in [0.717, 1.165) is 41.6 Å². The van der Waals surface area contributed by atoms with Crippen molar-refractivity contribution in [1.82, 2.24) is 4.90 Å². The summed E-state index contributed by atoms with van der Waals surface area (Å²) in [5.74, 6) is 2.69. The zero-order valence-electron chi connectivity index (χ0n) is 12.9. The molecule has 0 aliphatic carbocycles. The summed E-state index contributed by atoms with van der Waals surface area (Å²) < 4.78 is 7.00. The molecule has 1 aliphatic rings. The molecule has 0 N–H and O–H groups in total. The highest BCUT2D eigenvalue weighted by Gasteiger charge is 2.20. The summed E-state index contributed by atoms with van der Waals surface area (Å²) in [5, 5.41) is 0. The Morgan fingerprint density at radius 3 is 2.60 bits per heavy atom. The third kappa shape index (κ3) is 4.78. The number of nitrogens with zero attached hydrogens (tertiary/aromatic N) is 1. The molecule has 1 aliphatic heterocycles. The molecule has 2 nitrogen and oxygen atoms in total. The van der Waals surface area contributed by atoms with Crippen molar-refractivity contribution < 1.29 is 4.74 Å². The van der Waals surface area contributed by atoms with Gasteiger partial charge in [0.05, 0.1) is 6.61 Å². The lowest BCUT2D eigenvalue weighted by atomic mass is 9.92. The van der Waals surface area contributed by atoms with Gasteiger partial charge in [-0.05, 0) is 55.4 Å². The van der Waals surface area contributed by atoms with E-state index in [4.69, 9.17) is 4.74 Å². The van der Waals surface area contributed by atoms with Crippen LogP contribution in [0.5, 0.6) is 5.75 Å². The van der Waals surface area contributed by atoms with Crippen molar-refractivity contribution in [2.75, 3.05) is 26.2 Å². The molecule has 1 saturated heterocycles. The first-order valence-corrected chi connectivity index (χ1v) is 8.45. The van der Waals surface area contributed by atoms with E-state index < -0.39 is 0 Å². The van der Waals surface area contributed by atoms with Gasteiger partial charge in [0.15, 0.2) is 0 Å². The van der Waals surface area contributed by atoms with Crippen LogP contribution in [0.15, 0.2) is 22.7 Å².